The summed E-state index contributed by atoms with van der Waals surface area (Å²) in [6.07, 6.45) is 8.43. The van der Waals surface area contributed by atoms with E-state index in [0.29, 0.717) is 5.92 Å². The van der Waals surface area contributed by atoms with E-state index < -0.39 is 0 Å². The molecule has 0 radical (unpaired) electrons. The summed E-state index contributed by atoms with van der Waals surface area (Å²) in [5.41, 5.74) is 0. The Labute approximate surface area is 94.7 Å². The Morgan fingerprint density at radius 3 is 2.20 bits per heavy atom. The van der Waals surface area contributed by atoms with Gasteiger partial charge in [0.2, 0.25) is 0 Å². The number of hydrogen-bond donors (Lipinski definition) is 2. The molecule has 0 amide bonds. The molecular formula is C13H28O2. The van der Waals surface area contributed by atoms with Crippen molar-refractivity contribution in [3.8, 4) is 0 Å². The van der Waals surface area contributed by atoms with E-state index >= 15 is 0 Å². The average Bonchev–Trinajstić information content (AvgIpc) is 2.25. The van der Waals surface area contributed by atoms with E-state index in [2.05, 4.69) is 13.8 Å². The molecule has 2 nitrogen and oxygen atoms in total. The Kier molecular flexibility index (Phi) is 10.4. The molecule has 0 fully saturated rings. The quantitative estimate of drug-likeness (QED) is 0.551. The summed E-state index contributed by atoms with van der Waals surface area (Å²) in [7, 11) is 0. The van der Waals surface area contributed by atoms with Gasteiger partial charge in [0.05, 0.1) is 6.10 Å². The summed E-state index contributed by atoms with van der Waals surface area (Å²) in [6.45, 7) is 4.64. The maximum atomic E-state index is 9.97. The van der Waals surface area contributed by atoms with Crippen LogP contribution in [0.1, 0.15) is 65.2 Å². The molecule has 0 aromatic heterocycles. The fourth-order valence-corrected chi connectivity index (χ4v) is 2.01. The molecule has 2 atom stereocenters. The first kappa shape index (κ1) is 14.9. The van der Waals surface area contributed by atoms with Crippen LogP contribution in [0.4, 0.5) is 0 Å². The molecule has 0 bridgehead atoms. The van der Waals surface area contributed by atoms with Crippen LogP contribution < -0.4 is 0 Å². The Morgan fingerprint density at radius 1 is 0.933 bits per heavy atom. The number of unbranched alkanes of at least 4 members (excludes halogenated alkanes) is 3. The van der Waals surface area contributed by atoms with E-state index in [1.54, 1.807) is 0 Å². The Morgan fingerprint density at radius 2 is 1.67 bits per heavy atom. The highest BCUT2D eigenvalue weighted by Gasteiger charge is 2.15. The van der Waals surface area contributed by atoms with Crippen molar-refractivity contribution in [3.63, 3.8) is 0 Å². The van der Waals surface area contributed by atoms with Crippen molar-refractivity contribution >= 4 is 0 Å². The molecule has 0 aromatic carbocycles. The molecule has 2 heteroatoms. The van der Waals surface area contributed by atoms with Crippen molar-refractivity contribution in [3.05, 3.63) is 0 Å². The molecule has 15 heavy (non-hydrogen) atoms. The SMILES string of the molecule is CCCCC(CC)C(O)CCCCCO. The normalized spacial score (nSPS) is 15.2. The fraction of sp³-hybridized carbons (Fsp3) is 1.00. The molecule has 0 aromatic rings. The molecule has 0 saturated heterocycles. The van der Waals surface area contributed by atoms with Crippen molar-refractivity contribution in [1.82, 2.24) is 0 Å². The minimum Gasteiger partial charge on any atom is -0.396 e. The van der Waals surface area contributed by atoms with Gasteiger partial charge in [0.25, 0.3) is 0 Å². The molecule has 0 heterocycles. The Balaban J connectivity index is 3.58. The van der Waals surface area contributed by atoms with Gasteiger partial charge in [0, 0.05) is 6.61 Å². The summed E-state index contributed by atoms with van der Waals surface area (Å²) in [5.74, 6) is 0.485. The topological polar surface area (TPSA) is 40.5 Å². The van der Waals surface area contributed by atoms with Gasteiger partial charge in [-0.2, -0.15) is 0 Å². The van der Waals surface area contributed by atoms with Gasteiger partial charge < -0.3 is 10.2 Å². The van der Waals surface area contributed by atoms with Crippen molar-refractivity contribution in [2.75, 3.05) is 6.61 Å². The van der Waals surface area contributed by atoms with E-state index in [1.807, 2.05) is 0 Å². The van der Waals surface area contributed by atoms with E-state index in [9.17, 15) is 5.11 Å². The molecule has 2 N–H and O–H groups in total. The van der Waals surface area contributed by atoms with Gasteiger partial charge in [-0.05, 0) is 25.2 Å². The second-order valence-electron chi connectivity index (χ2n) is 4.45. The summed E-state index contributed by atoms with van der Waals surface area (Å²) >= 11 is 0. The first-order chi connectivity index (χ1) is 7.26. The van der Waals surface area contributed by atoms with Gasteiger partial charge in [-0.25, -0.2) is 0 Å². The molecule has 0 aliphatic rings. The van der Waals surface area contributed by atoms with Crippen LogP contribution in [0, 0.1) is 5.92 Å². The highest BCUT2D eigenvalue weighted by atomic mass is 16.3. The third kappa shape index (κ3) is 7.80. The van der Waals surface area contributed by atoms with Crippen LogP contribution in [0.2, 0.25) is 0 Å². The zero-order valence-electron chi connectivity index (χ0n) is 10.4. The number of rotatable bonds is 10. The third-order valence-corrected chi connectivity index (χ3v) is 3.16. The van der Waals surface area contributed by atoms with Crippen LogP contribution in [0.5, 0.6) is 0 Å². The van der Waals surface area contributed by atoms with Crippen LogP contribution in [0.15, 0.2) is 0 Å². The first-order valence-electron chi connectivity index (χ1n) is 6.55. The summed E-state index contributed by atoms with van der Waals surface area (Å²) < 4.78 is 0. The van der Waals surface area contributed by atoms with E-state index in [1.165, 1.54) is 12.8 Å². The molecule has 0 aliphatic heterocycles. The molecule has 0 rings (SSSR count). The number of aliphatic hydroxyl groups is 2. The third-order valence-electron chi connectivity index (χ3n) is 3.16. The van der Waals surface area contributed by atoms with Crippen LogP contribution in [0.3, 0.4) is 0 Å². The Hall–Kier alpha value is -0.0800. The van der Waals surface area contributed by atoms with Gasteiger partial charge >= 0.3 is 0 Å². The van der Waals surface area contributed by atoms with Gasteiger partial charge in [-0.1, -0.05) is 46.0 Å². The fourth-order valence-electron chi connectivity index (χ4n) is 2.01. The second-order valence-corrected chi connectivity index (χ2v) is 4.45. The maximum Gasteiger partial charge on any atom is 0.0568 e. The maximum absolute atomic E-state index is 9.97. The molecular weight excluding hydrogens is 188 g/mol. The Bertz CT molecular complexity index is 126. The van der Waals surface area contributed by atoms with Gasteiger partial charge in [0.15, 0.2) is 0 Å². The molecule has 2 unspecified atom stereocenters. The van der Waals surface area contributed by atoms with E-state index in [4.69, 9.17) is 5.11 Å². The van der Waals surface area contributed by atoms with Crippen molar-refractivity contribution < 1.29 is 10.2 Å². The summed E-state index contributed by atoms with van der Waals surface area (Å²) in [4.78, 5) is 0. The lowest BCUT2D eigenvalue weighted by molar-refractivity contribution is 0.0871. The minimum atomic E-state index is -0.125. The zero-order chi connectivity index (χ0) is 11.5. The van der Waals surface area contributed by atoms with Gasteiger partial charge in [-0.15, -0.1) is 0 Å². The average molecular weight is 216 g/mol. The van der Waals surface area contributed by atoms with E-state index in [0.717, 1.165) is 38.5 Å². The summed E-state index contributed by atoms with van der Waals surface area (Å²) in [5, 5.41) is 18.6. The predicted octanol–water partition coefficient (Wildman–Crippen LogP) is 3.12. The highest BCUT2D eigenvalue weighted by molar-refractivity contribution is 4.67. The van der Waals surface area contributed by atoms with Crippen LogP contribution >= 0.6 is 0 Å². The van der Waals surface area contributed by atoms with Crippen LogP contribution in [-0.2, 0) is 0 Å². The van der Waals surface area contributed by atoms with E-state index in [-0.39, 0.29) is 12.7 Å². The van der Waals surface area contributed by atoms with Gasteiger partial charge in [-0.3, -0.25) is 0 Å². The van der Waals surface area contributed by atoms with Crippen LogP contribution in [-0.4, -0.2) is 22.9 Å². The predicted molar refractivity (Wildman–Crippen MR) is 64.9 cm³/mol. The number of hydrogen-bond acceptors (Lipinski definition) is 2. The molecule has 0 aliphatic carbocycles. The smallest absolute Gasteiger partial charge is 0.0568 e. The van der Waals surface area contributed by atoms with Crippen molar-refractivity contribution in [2.24, 2.45) is 5.92 Å². The molecule has 0 spiro atoms. The molecule has 0 saturated carbocycles. The zero-order valence-corrected chi connectivity index (χ0v) is 10.4. The monoisotopic (exact) mass is 216 g/mol. The largest absolute Gasteiger partial charge is 0.396 e. The summed E-state index contributed by atoms with van der Waals surface area (Å²) in [6, 6.07) is 0. The lowest BCUT2D eigenvalue weighted by Crippen LogP contribution is -2.19. The minimum absolute atomic E-state index is 0.125. The lowest BCUT2D eigenvalue weighted by atomic mass is 9.90. The first-order valence-corrected chi connectivity index (χ1v) is 6.55. The van der Waals surface area contributed by atoms with Crippen molar-refractivity contribution in [2.45, 2.75) is 71.3 Å². The standard InChI is InChI=1S/C13H28O2/c1-3-5-9-12(4-2)13(15)10-7-6-8-11-14/h12-15H,3-11H2,1-2H3. The molecule has 92 valence electrons. The van der Waals surface area contributed by atoms with Crippen LogP contribution in [0.25, 0.3) is 0 Å². The number of aliphatic hydroxyl groups excluding tert-OH is 2. The second kappa shape index (κ2) is 10.4. The highest BCUT2D eigenvalue weighted by Crippen LogP contribution is 2.20. The van der Waals surface area contributed by atoms with Gasteiger partial charge in [0.1, 0.15) is 0 Å². The van der Waals surface area contributed by atoms with Crippen molar-refractivity contribution in [1.29, 1.82) is 0 Å². The lowest BCUT2D eigenvalue weighted by Gasteiger charge is -2.21.